The second kappa shape index (κ2) is 7.45. The van der Waals surface area contributed by atoms with E-state index in [9.17, 15) is 4.79 Å². The monoisotopic (exact) mass is 340 g/mol. The molecule has 0 aliphatic carbocycles. The highest BCUT2D eigenvalue weighted by Crippen LogP contribution is 2.20. The Bertz CT molecular complexity index is 737. The van der Waals surface area contributed by atoms with Gasteiger partial charge in [0.15, 0.2) is 0 Å². The molecule has 2 fully saturated rings. The lowest BCUT2D eigenvalue weighted by atomic mass is 9.96. The highest BCUT2D eigenvalue weighted by molar-refractivity contribution is 5.93. The summed E-state index contributed by atoms with van der Waals surface area (Å²) in [5.74, 6) is 0.674. The van der Waals surface area contributed by atoms with Gasteiger partial charge in [-0.1, -0.05) is 12.1 Å². The number of piperidine rings is 1. The highest BCUT2D eigenvalue weighted by atomic mass is 16.5. The van der Waals surface area contributed by atoms with Gasteiger partial charge in [-0.2, -0.15) is 0 Å². The Hall–Kier alpha value is -2.05. The highest BCUT2D eigenvalue weighted by Gasteiger charge is 2.26. The molecule has 0 N–H and O–H groups in total. The van der Waals surface area contributed by atoms with Crippen molar-refractivity contribution in [1.82, 2.24) is 19.8 Å². The Morgan fingerprint density at radius 1 is 1.08 bits per heavy atom. The number of carbonyl (C=O) groups excluding carboxylic acids is 1. The van der Waals surface area contributed by atoms with E-state index in [2.05, 4.69) is 14.9 Å². The minimum atomic E-state index is 0.00285. The van der Waals surface area contributed by atoms with Gasteiger partial charge in [-0.3, -0.25) is 14.7 Å². The Kier molecular flexibility index (Phi) is 4.90. The normalized spacial score (nSPS) is 20.1. The number of ether oxygens (including phenoxy) is 1. The molecule has 6 nitrogen and oxygen atoms in total. The van der Waals surface area contributed by atoms with Gasteiger partial charge in [-0.15, -0.1) is 0 Å². The molecule has 0 saturated carbocycles. The number of aromatic nitrogens is 2. The summed E-state index contributed by atoms with van der Waals surface area (Å²) in [5.41, 5.74) is 2.05. The molecule has 25 heavy (non-hydrogen) atoms. The van der Waals surface area contributed by atoms with Crippen LogP contribution in [0.15, 0.2) is 30.5 Å². The van der Waals surface area contributed by atoms with Crippen LogP contribution in [0.5, 0.6) is 0 Å². The summed E-state index contributed by atoms with van der Waals surface area (Å²) in [7, 11) is 0. The molecule has 0 spiro atoms. The zero-order valence-electron chi connectivity index (χ0n) is 14.4. The summed E-state index contributed by atoms with van der Waals surface area (Å²) < 4.78 is 5.41. The van der Waals surface area contributed by atoms with Gasteiger partial charge in [0, 0.05) is 32.7 Å². The topological polar surface area (TPSA) is 58.6 Å². The third kappa shape index (κ3) is 3.80. The van der Waals surface area contributed by atoms with E-state index in [1.165, 1.54) is 0 Å². The van der Waals surface area contributed by atoms with E-state index in [0.29, 0.717) is 11.6 Å². The number of amides is 1. The van der Waals surface area contributed by atoms with E-state index in [1.807, 2.05) is 29.2 Å². The number of hydrogen-bond acceptors (Lipinski definition) is 5. The zero-order chi connectivity index (χ0) is 17.1. The number of fused-ring (bicyclic) bond motifs is 1. The van der Waals surface area contributed by atoms with Gasteiger partial charge in [-0.05, 0) is 30.9 Å². The molecule has 1 amide bonds. The fraction of sp³-hybridized carbons (Fsp3) is 0.526. The Balaban J connectivity index is 1.35. The third-order valence-corrected chi connectivity index (χ3v) is 5.19. The number of rotatable bonds is 3. The first-order valence-electron chi connectivity index (χ1n) is 9.11. The van der Waals surface area contributed by atoms with Gasteiger partial charge >= 0.3 is 0 Å². The van der Waals surface area contributed by atoms with Crippen molar-refractivity contribution >= 4 is 16.9 Å². The molecule has 2 saturated heterocycles. The standard InChI is InChI=1S/C19H24N4O2/c24-19(18-13-20-16-3-1-2-4-17(16)21-18)23-7-5-15(6-8-23)14-22-9-11-25-12-10-22/h1-4,13,15H,5-12,14H2. The first kappa shape index (κ1) is 16.4. The fourth-order valence-electron chi connectivity index (χ4n) is 3.69. The predicted molar refractivity (Wildman–Crippen MR) is 95.4 cm³/mol. The lowest BCUT2D eigenvalue weighted by Crippen LogP contribution is -2.44. The van der Waals surface area contributed by atoms with E-state index >= 15 is 0 Å². The lowest BCUT2D eigenvalue weighted by Gasteiger charge is -2.35. The molecule has 0 unspecified atom stereocenters. The summed E-state index contributed by atoms with van der Waals surface area (Å²) in [6, 6.07) is 7.65. The SMILES string of the molecule is O=C(c1cnc2ccccc2n1)N1CCC(CN2CCOCC2)CC1. The van der Waals surface area contributed by atoms with E-state index in [4.69, 9.17) is 4.74 Å². The molecule has 6 heteroatoms. The third-order valence-electron chi connectivity index (χ3n) is 5.19. The Morgan fingerprint density at radius 3 is 2.56 bits per heavy atom. The zero-order valence-corrected chi connectivity index (χ0v) is 14.4. The number of benzene rings is 1. The van der Waals surface area contributed by atoms with Crippen molar-refractivity contribution in [3.05, 3.63) is 36.2 Å². The van der Waals surface area contributed by atoms with Gasteiger partial charge in [0.05, 0.1) is 30.4 Å². The van der Waals surface area contributed by atoms with Crippen LogP contribution in [0.1, 0.15) is 23.3 Å². The van der Waals surface area contributed by atoms with Crippen LogP contribution in [0.25, 0.3) is 11.0 Å². The van der Waals surface area contributed by atoms with Crippen LogP contribution in [-0.4, -0.2) is 71.6 Å². The van der Waals surface area contributed by atoms with E-state index in [-0.39, 0.29) is 5.91 Å². The number of nitrogens with zero attached hydrogens (tertiary/aromatic N) is 4. The van der Waals surface area contributed by atoms with E-state index in [0.717, 1.165) is 69.8 Å². The van der Waals surface area contributed by atoms with Crippen LogP contribution in [0.3, 0.4) is 0 Å². The van der Waals surface area contributed by atoms with Crippen molar-refractivity contribution in [1.29, 1.82) is 0 Å². The Morgan fingerprint density at radius 2 is 1.80 bits per heavy atom. The van der Waals surface area contributed by atoms with Crippen molar-refractivity contribution in [3.63, 3.8) is 0 Å². The van der Waals surface area contributed by atoms with Crippen LogP contribution in [0.4, 0.5) is 0 Å². The molecule has 2 aliphatic heterocycles. The lowest BCUT2D eigenvalue weighted by molar-refractivity contribution is 0.0242. The largest absolute Gasteiger partial charge is 0.379 e. The average Bonchev–Trinajstić information content (AvgIpc) is 2.68. The number of hydrogen-bond donors (Lipinski definition) is 0. The maximum Gasteiger partial charge on any atom is 0.274 e. The molecule has 0 bridgehead atoms. The van der Waals surface area contributed by atoms with E-state index in [1.54, 1.807) is 6.20 Å². The molecular formula is C19H24N4O2. The molecule has 0 radical (unpaired) electrons. The summed E-state index contributed by atoms with van der Waals surface area (Å²) in [6.45, 7) is 6.50. The number of morpholine rings is 1. The van der Waals surface area contributed by atoms with Crippen molar-refractivity contribution in [3.8, 4) is 0 Å². The summed E-state index contributed by atoms with van der Waals surface area (Å²) >= 11 is 0. The second-order valence-corrected chi connectivity index (χ2v) is 6.89. The number of para-hydroxylation sites is 2. The molecule has 2 aromatic rings. The van der Waals surface area contributed by atoms with Crippen molar-refractivity contribution in [2.75, 3.05) is 45.9 Å². The van der Waals surface area contributed by atoms with Crippen LogP contribution >= 0.6 is 0 Å². The molecule has 132 valence electrons. The average molecular weight is 340 g/mol. The fourth-order valence-corrected chi connectivity index (χ4v) is 3.69. The van der Waals surface area contributed by atoms with Gasteiger partial charge in [0.25, 0.3) is 5.91 Å². The van der Waals surface area contributed by atoms with E-state index < -0.39 is 0 Å². The van der Waals surface area contributed by atoms with Gasteiger partial charge in [0.1, 0.15) is 5.69 Å². The maximum atomic E-state index is 12.7. The number of carbonyl (C=O) groups is 1. The Labute approximate surface area is 147 Å². The van der Waals surface area contributed by atoms with Crippen LogP contribution in [0, 0.1) is 5.92 Å². The molecular weight excluding hydrogens is 316 g/mol. The summed E-state index contributed by atoms with van der Waals surface area (Å²) in [5, 5.41) is 0. The minimum Gasteiger partial charge on any atom is -0.379 e. The molecule has 2 aliphatic rings. The molecule has 1 aromatic carbocycles. The van der Waals surface area contributed by atoms with Crippen molar-refractivity contribution in [2.45, 2.75) is 12.8 Å². The smallest absolute Gasteiger partial charge is 0.274 e. The molecule has 4 rings (SSSR count). The predicted octanol–water partition coefficient (Wildman–Crippen LogP) is 1.81. The van der Waals surface area contributed by atoms with Gasteiger partial charge in [-0.25, -0.2) is 4.98 Å². The van der Waals surface area contributed by atoms with Crippen molar-refractivity contribution in [2.24, 2.45) is 5.92 Å². The van der Waals surface area contributed by atoms with Crippen molar-refractivity contribution < 1.29 is 9.53 Å². The molecule has 1 aromatic heterocycles. The first-order chi connectivity index (χ1) is 12.3. The summed E-state index contributed by atoms with van der Waals surface area (Å²) in [6.07, 6.45) is 3.72. The maximum absolute atomic E-state index is 12.7. The quantitative estimate of drug-likeness (QED) is 0.853. The van der Waals surface area contributed by atoms with Crippen LogP contribution < -0.4 is 0 Å². The molecule has 3 heterocycles. The van der Waals surface area contributed by atoms with Gasteiger partial charge < -0.3 is 9.64 Å². The second-order valence-electron chi connectivity index (χ2n) is 6.89. The van der Waals surface area contributed by atoms with Crippen LogP contribution in [-0.2, 0) is 4.74 Å². The first-order valence-corrected chi connectivity index (χ1v) is 9.11. The van der Waals surface area contributed by atoms with Gasteiger partial charge in [0.2, 0.25) is 0 Å². The number of likely N-dealkylation sites (tertiary alicyclic amines) is 1. The summed E-state index contributed by atoms with van der Waals surface area (Å²) in [4.78, 5) is 26.0. The molecule has 0 atom stereocenters. The minimum absolute atomic E-state index is 0.00285. The van der Waals surface area contributed by atoms with Crippen LogP contribution in [0.2, 0.25) is 0 Å².